The molecule has 1 amide bonds. The lowest BCUT2D eigenvalue weighted by Gasteiger charge is -2.08. The van der Waals surface area contributed by atoms with Gasteiger partial charge in [-0.2, -0.15) is 0 Å². The number of Topliss-reactive ketones (excluding diaryl/α,β-unsaturated/α-hetero) is 1. The number of aromatic amines is 1. The highest BCUT2D eigenvalue weighted by Gasteiger charge is 2.21. The van der Waals surface area contributed by atoms with Crippen molar-refractivity contribution in [3.05, 3.63) is 53.9 Å². The number of anilines is 1. The van der Waals surface area contributed by atoms with E-state index in [-0.39, 0.29) is 24.4 Å². The standard InChI is InChI=1S/C21H21N3O4/c1-13(25)14-4-7-16(8-5-14)28-12-20(26)22-15-6-9-17-18(11-15)24-21(23-17)19-3-2-10-27-19/h4-9,11,19H,2-3,10,12H2,1H3,(H,22,26)(H,23,24). The number of imidazole rings is 1. The van der Waals surface area contributed by atoms with Gasteiger partial charge in [0.05, 0.1) is 11.0 Å². The molecule has 0 saturated carbocycles. The third kappa shape index (κ3) is 4.04. The van der Waals surface area contributed by atoms with Gasteiger partial charge in [0.1, 0.15) is 17.7 Å². The molecule has 1 aliphatic rings. The first-order valence-corrected chi connectivity index (χ1v) is 9.23. The van der Waals surface area contributed by atoms with Crippen LogP contribution in [0.15, 0.2) is 42.5 Å². The zero-order valence-corrected chi connectivity index (χ0v) is 15.5. The van der Waals surface area contributed by atoms with Gasteiger partial charge in [-0.25, -0.2) is 4.98 Å². The fourth-order valence-electron chi connectivity index (χ4n) is 3.18. The third-order valence-corrected chi connectivity index (χ3v) is 4.65. The number of nitrogens with one attached hydrogen (secondary N) is 2. The van der Waals surface area contributed by atoms with Crippen LogP contribution in [-0.4, -0.2) is 34.9 Å². The summed E-state index contributed by atoms with van der Waals surface area (Å²) >= 11 is 0. The summed E-state index contributed by atoms with van der Waals surface area (Å²) in [5.41, 5.74) is 2.96. The molecule has 7 heteroatoms. The summed E-state index contributed by atoms with van der Waals surface area (Å²) in [5, 5.41) is 2.82. The van der Waals surface area contributed by atoms with Crippen molar-refractivity contribution in [2.75, 3.05) is 18.5 Å². The second-order valence-electron chi connectivity index (χ2n) is 6.77. The van der Waals surface area contributed by atoms with E-state index in [9.17, 15) is 9.59 Å². The van der Waals surface area contributed by atoms with Gasteiger partial charge in [-0.05, 0) is 62.2 Å². The highest BCUT2D eigenvalue weighted by atomic mass is 16.5. The third-order valence-electron chi connectivity index (χ3n) is 4.65. The Morgan fingerprint density at radius 1 is 1.25 bits per heavy atom. The lowest BCUT2D eigenvalue weighted by molar-refractivity contribution is -0.118. The van der Waals surface area contributed by atoms with Crippen molar-refractivity contribution < 1.29 is 19.1 Å². The number of carbonyl (C=O) groups excluding carboxylic acids is 2. The van der Waals surface area contributed by atoms with E-state index in [2.05, 4.69) is 15.3 Å². The van der Waals surface area contributed by atoms with Gasteiger partial charge in [-0.1, -0.05) is 0 Å². The van der Waals surface area contributed by atoms with E-state index in [1.54, 1.807) is 24.3 Å². The summed E-state index contributed by atoms with van der Waals surface area (Å²) in [6.07, 6.45) is 2.03. The molecule has 4 rings (SSSR count). The fourth-order valence-corrected chi connectivity index (χ4v) is 3.18. The van der Waals surface area contributed by atoms with Gasteiger partial charge in [-0.15, -0.1) is 0 Å². The predicted molar refractivity (Wildman–Crippen MR) is 105 cm³/mol. The lowest BCUT2D eigenvalue weighted by atomic mass is 10.1. The zero-order chi connectivity index (χ0) is 19.5. The summed E-state index contributed by atoms with van der Waals surface area (Å²) in [6, 6.07) is 12.2. The summed E-state index contributed by atoms with van der Waals surface area (Å²) in [6.45, 7) is 2.14. The van der Waals surface area contributed by atoms with Crippen LogP contribution in [0.1, 0.15) is 42.1 Å². The van der Waals surface area contributed by atoms with Gasteiger partial charge in [0.2, 0.25) is 0 Å². The topological polar surface area (TPSA) is 93.3 Å². The summed E-state index contributed by atoms with van der Waals surface area (Å²) in [4.78, 5) is 31.3. The summed E-state index contributed by atoms with van der Waals surface area (Å²) in [7, 11) is 0. The molecule has 28 heavy (non-hydrogen) atoms. The Kier molecular flexibility index (Phi) is 5.08. The van der Waals surface area contributed by atoms with Crippen molar-refractivity contribution >= 4 is 28.4 Å². The number of ketones is 1. The first-order chi connectivity index (χ1) is 13.6. The van der Waals surface area contributed by atoms with Crippen molar-refractivity contribution in [3.8, 4) is 5.75 Å². The molecular formula is C21H21N3O4. The van der Waals surface area contributed by atoms with E-state index in [0.717, 1.165) is 36.3 Å². The Balaban J connectivity index is 1.37. The molecule has 1 aliphatic heterocycles. The van der Waals surface area contributed by atoms with Crippen LogP contribution in [0.25, 0.3) is 11.0 Å². The van der Waals surface area contributed by atoms with E-state index in [1.165, 1.54) is 6.92 Å². The number of rotatable bonds is 6. The van der Waals surface area contributed by atoms with Gasteiger partial charge in [0.15, 0.2) is 12.4 Å². The molecule has 3 aromatic rings. The minimum absolute atomic E-state index is 0.0128. The number of ether oxygens (including phenoxy) is 2. The molecule has 1 saturated heterocycles. The lowest BCUT2D eigenvalue weighted by Crippen LogP contribution is -2.20. The van der Waals surface area contributed by atoms with Crippen LogP contribution in [-0.2, 0) is 9.53 Å². The second kappa shape index (κ2) is 7.82. The van der Waals surface area contributed by atoms with E-state index >= 15 is 0 Å². The van der Waals surface area contributed by atoms with E-state index in [0.29, 0.717) is 17.0 Å². The number of hydrogen-bond acceptors (Lipinski definition) is 5. The monoisotopic (exact) mass is 379 g/mol. The van der Waals surface area contributed by atoms with E-state index in [4.69, 9.17) is 9.47 Å². The number of hydrogen-bond donors (Lipinski definition) is 2. The summed E-state index contributed by atoms with van der Waals surface area (Å²) in [5.74, 6) is 1.08. The fraction of sp³-hybridized carbons (Fsp3) is 0.286. The normalized spacial score (nSPS) is 16.2. The molecule has 1 aromatic heterocycles. The SMILES string of the molecule is CC(=O)c1ccc(OCC(=O)Nc2ccc3nc(C4CCCO4)[nH]c3c2)cc1. The van der Waals surface area contributed by atoms with Crippen LogP contribution in [0, 0.1) is 0 Å². The maximum Gasteiger partial charge on any atom is 0.262 e. The van der Waals surface area contributed by atoms with Crippen LogP contribution < -0.4 is 10.1 Å². The molecule has 144 valence electrons. The number of aromatic nitrogens is 2. The van der Waals surface area contributed by atoms with Crippen LogP contribution in [0.5, 0.6) is 5.75 Å². The molecule has 0 spiro atoms. The van der Waals surface area contributed by atoms with E-state index < -0.39 is 0 Å². The zero-order valence-electron chi connectivity index (χ0n) is 15.5. The van der Waals surface area contributed by atoms with Gasteiger partial charge in [0.25, 0.3) is 5.91 Å². The number of nitrogens with zero attached hydrogens (tertiary/aromatic N) is 1. The molecular weight excluding hydrogens is 358 g/mol. The molecule has 2 heterocycles. The molecule has 1 fully saturated rings. The first kappa shape index (κ1) is 18.2. The van der Waals surface area contributed by atoms with Gasteiger partial charge in [-0.3, -0.25) is 9.59 Å². The minimum atomic E-state index is -0.270. The van der Waals surface area contributed by atoms with Crippen LogP contribution in [0.3, 0.4) is 0 Å². The van der Waals surface area contributed by atoms with Crippen molar-refractivity contribution in [3.63, 3.8) is 0 Å². The Labute approximate surface area is 162 Å². The largest absolute Gasteiger partial charge is 0.484 e. The molecule has 7 nitrogen and oxygen atoms in total. The van der Waals surface area contributed by atoms with E-state index in [1.807, 2.05) is 18.2 Å². The molecule has 2 N–H and O–H groups in total. The first-order valence-electron chi connectivity index (χ1n) is 9.23. The molecule has 2 aromatic carbocycles. The molecule has 1 unspecified atom stereocenters. The Hall–Kier alpha value is -3.19. The second-order valence-corrected chi connectivity index (χ2v) is 6.77. The average molecular weight is 379 g/mol. The quantitative estimate of drug-likeness (QED) is 0.638. The number of carbonyl (C=O) groups is 2. The number of amides is 1. The van der Waals surface area contributed by atoms with Crippen molar-refractivity contribution in [2.45, 2.75) is 25.9 Å². The van der Waals surface area contributed by atoms with Gasteiger partial charge >= 0.3 is 0 Å². The molecule has 0 radical (unpaired) electrons. The Bertz CT molecular complexity index is 1000. The maximum atomic E-state index is 12.2. The highest BCUT2D eigenvalue weighted by molar-refractivity contribution is 5.94. The van der Waals surface area contributed by atoms with Crippen molar-refractivity contribution in [2.24, 2.45) is 0 Å². The van der Waals surface area contributed by atoms with Crippen molar-refractivity contribution in [1.29, 1.82) is 0 Å². The minimum Gasteiger partial charge on any atom is -0.484 e. The summed E-state index contributed by atoms with van der Waals surface area (Å²) < 4.78 is 11.1. The Morgan fingerprint density at radius 3 is 2.79 bits per heavy atom. The Morgan fingerprint density at radius 2 is 2.07 bits per heavy atom. The number of benzene rings is 2. The maximum absolute atomic E-state index is 12.2. The molecule has 0 bridgehead atoms. The van der Waals surface area contributed by atoms with Crippen LogP contribution in [0.2, 0.25) is 0 Å². The van der Waals surface area contributed by atoms with Crippen molar-refractivity contribution in [1.82, 2.24) is 9.97 Å². The molecule has 0 aliphatic carbocycles. The number of H-pyrrole nitrogens is 1. The highest BCUT2D eigenvalue weighted by Crippen LogP contribution is 2.28. The predicted octanol–water partition coefficient (Wildman–Crippen LogP) is 3.63. The smallest absolute Gasteiger partial charge is 0.262 e. The number of fused-ring (bicyclic) bond motifs is 1. The van der Waals surface area contributed by atoms with Crippen LogP contribution >= 0.6 is 0 Å². The van der Waals surface area contributed by atoms with Crippen LogP contribution in [0.4, 0.5) is 5.69 Å². The molecule has 1 atom stereocenters. The van der Waals surface area contributed by atoms with Gasteiger partial charge in [0, 0.05) is 17.9 Å². The average Bonchev–Trinajstić information content (AvgIpc) is 3.35. The van der Waals surface area contributed by atoms with Gasteiger partial charge < -0.3 is 19.8 Å².